The summed E-state index contributed by atoms with van der Waals surface area (Å²) in [6.07, 6.45) is 7.13. The first-order valence-electron chi connectivity index (χ1n) is 8.18. The van der Waals surface area contributed by atoms with E-state index in [0.717, 1.165) is 19.6 Å². The van der Waals surface area contributed by atoms with E-state index in [4.69, 9.17) is 0 Å². The molecule has 1 aliphatic heterocycles. The molecule has 0 atom stereocenters. The van der Waals surface area contributed by atoms with Gasteiger partial charge in [-0.3, -0.25) is 4.90 Å². The Hall–Kier alpha value is -0.120. The maximum atomic E-state index is 3.77. The van der Waals surface area contributed by atoms with Crippen LogP contribution in [0.4, 0.5) is 0 Å². The van der Waals surface area contributed by atoms with Crippen LogP contribution in [-0.2, 0) is 0 Å². The number of nitrogens with one attached hydrogen (secondary N) is 2. The summed E-state index contributed by atoms with van der Waals surface area (Å²) >= 11 is 0. The molecule has 0 aromatic rings. The van der Waals surface area contributed by atoms with Gasteiger partial charge >= 0.3 is 0 Å². The van der Waals surface area contributed by atoms with Gasteiger partial charge in [-0.2, -0.15) is 0 Å². The van der Waals surface area contributed by atoms with Crippen molar-refractivity contribution in [2.24, 2.45) is 5.41 Å². The first-order valence-corrected chi connectivity index (χ1v) is 8.18. The summed E-state index contributed by atoms with van der Waals surface area (Å²) in [5.41, 5.74) is 0.838. The van der Waals surface area contributed by atoms with Crippen molar-refractivity contribution in [2.75, 3.05) is 39.3 Å². The standard InChI is InChI=1S/C16H33N3/c1-15(2,19-11-9-17-10-12-19)13-18-14-16(3)7-5-4-6-8-16/h17-18H,4-14H2,1-3H3. The van der Waals surface area contributed by atoms with Gasteiger partial charge in [-0.1, -0.05) is 26.2 Å². The van der Waals surface area contributed by atoms with E-state index in [0.29, 0.717) is 5.41 Å². The average Bonchev–Trinajstić information content (AvgIpc) is 2.40. The van der Waals surface area contributed by atoms with Crippen LogP contribution in [-0.4, -0.2) is 49.7 Å². The van der Waals surface area contributed by atoms with Gasteiger partial charge in [0, 0.05) is 44.8 Å². The molecule has 0 amide bonds. The minimum Gasteiger partial charge on any atom is -0.314 e. The van der Waals surface area contributed by atoms with Crippen LogP contribution in [0.3, 0.4) is 0 Å². The summed E-state index contributed by atoms with van der Waals surface area (Å²) in [7, 11) is 0. The zero-order valence-electron chi connectivity index (χ0n) is 13.2. The van der Waals surface area contributed by atoms with Gasteiger partial charge in [-0.05, 0) is 32.1 Å². The van der Waals surface area contributed by atoms with Crippen molar-refractivity contribution in [3.8, 4) is 0 Å². The van der Waals surface area contributed by atoms with E-state index in [1.807, 2.05) is 0 Å². The molecule has 1 saturated heterocycles. The predicted molar refractivity (Wildman–Crippen MR) is 82.6 cm³/mol. The molecule has 0 aromatic heterocycles. The molecule has 0 aromatic carbocycles. The molecule has 19 heavy (non-hydrogen) atoms. The van der Waals surface area contributed by atoms with Crippen molar-refractivity contribution in [1.82, 2.24) is 15.5 Å². The summed E-state index contributed by atoms with van der Waals surface area (Å²) in [6.45, 7) is 14.2. The van der Waals surface area contributed by atoms with Gasteiger partial charge in [0.15, 0.2) is 0 Å². The molecular weight excluding hydrogens is 234 g/mol. The highest BCUT2D eigenvalue weighted by Crippen LogP contribution is 2.35. The number of hydrogen-bond acceptors (Lipinski definition) is 3. The molecule has 0 bridgehead atoms. The zero-order chi connectivity index (χ0) is 13.8. The maximum Gasteiger partial charge on any atom is 0.0278 e. The van der Waals surface area contributed by atoms with Gasteiger partial charge < -0.3 is 10.6 Å². The highest BCUT2D eigenvalue weighted by molar-refractivity contribution is 4.88. The Labute approximate surface area is 119 Å². The van der Waals surface area contributed by atoms with Crippen molar-refractivity contribution in [3.05, 3.63) is 0 Å². The van der Waals surface area contributed by atoms with Crippen LogP contribution in [0.25, 0.3) is 0 Å². The smallest absolute Gasteiger partial charge is 0.0278 e. The largest absolute Gasteiger partial charge is 0.314 e. The lowest BCUT2D eigenvalue weighted by Gasteiger charge is -2.42. The van der Waals surface area contributed by atoms with Crippen LogP contribution in [0.5, 0.6) is 0 Å². The SMILES string of the molecule is CC1(CNCC(C)(C)N2CCNCC2)CCCCC1. The number of nitrogens with zero attached hydrogens (tertiary/aromatic N) is 1. The van der Waals surface area contributed by atoms with Crippen molar-refractivity contribution >= 4 is 0 Å². The minimum absolute atomic E-state index is 0.285. The summed E-state index contributed by atoms with van der Waals surface area (Å²) in [6, 6.07) is 0. The topological polar surface area (TPSA) is 27.3 Å². The molecule has 1 aliphatic carbocycles. The third kappa shape index (κ3) is 4.44. The second-order valence-electron chi connectivity index (χ2n) is 7.52. The van der Waals surface area contributed by atoms with E-state index in [1.54, 1.807) is 0 Å². The predicted octanol–water partition coefficient (Wildman–Crippen LogP) is 2.23. The van der Waals surface area contributed by atoms with E-state index in [-0.39, 0.29) is 5.54 Å². The normalized spacial score (nSPS) is 25.4. The Morgan fingerprint density at radius 1 is 1.11 bits per heavy atom. The molecule has 0 unspecified atom stereocenters. The Balaban J connectivity index is 1.74. The van der Waals surface area contributed by atoms with Gasteiger partial charge in [-0.25, -0.2) is 0 Å². The van der Waals surface area contributed by atoms with Crippen molar-refractivity contribution < 1.29 is 0 Å². The van der Waals surface area contributed by atoms with Crippen molar-refractivity contribution in [1.29, 1.82) is 0 Å². The van der Waals surface area contributed by atoms with Crippen molar-refractivity contribution in [2.45, 2.75) is 58.4 Å². The first kappa shape index (κ1) is 15.3. The molecule has 2 rings (SSSR count). The fourth-order valence-corrected chi connectivity index (χ4v) is 3.63. The van der Waals surface area contributed by atoms with E-state index >= 15 is 0 Å². The average molecular weight is 267 g/mol. The molecule has 0 radical (unpaired) electrons. The summed E-state index contributed by atoms with van der Waals surface area (Å²) in [5.74, 6) is 0. The second-order valence-corrected chi connectivity index (χ2v) is 7.52. The first-order chi connectivity index (χ1) is 9.02. The van der Waals surface area contributed by atoms with Crippen LogP contribution in [0.15, 0.2) is 0 Å². The highest BCUT2D eigenvalue weighted by atomic mass is 15.2. The molecule has 1 saturated carbocycles. The zero-order valence-corrected chi connectivity index (χ0v) is 13.2. The fraction of sp³-hybridized carbons (Fsp3) is 1.00. The van der Waals surface area contributed by atoms with Crippen LogP contribution >= 0.6 is 0 Å². The monoisotopic (exact) mass is 267 g/mol. The molecule has 1 heterocycles. The fourth-order valence-electron chi connectivity index (χ4n) is 3.63. The van der Waals surface area contributed by atoms with Crippen LogP contribution in [0, 0.1) is 5.41 Å². The van der Waals surface area contributed by atoms with Crippen LogP contribution < -0.4 is 10.6 Å². The maximum absolute atomic E-state index is 3.77. The molecule has 3 heteroatoms. The van der Waals surface area contributed by atoms with E-state index in [1.165, 1.54) is 51.7 Å². The number of rotatable bonds is 5. The minimum atomic E-state index is 0.285. The van der Waals surface area contributed by atoms with Crippen LogP contribution in [0.1, 0.15) is 52.9 Å². The van der Waals surface area contributed by atoms with Gasteiger partial charge in [0.05, 0.1) is 0 Å². The lowest BCUT2D eigenvalue weighted by molar-refractivity contribution is 0.0962. The van der Waals surface area contributed by atoms with Crippen LogP contribution in [0.2, 0.25) is 0 Å². The Kier molecular flexibility index (Phi) is 5.27. The quantitative estimate of drug-likeness (QED) is 0.800. The summed E-state index contributed by atoms with van der Waals surface area (Å²) in [4.78, 5) is 2.62. The molecule has 0 spiro atoms. The van der Waals surface area contributed by atoms with Gasteiger partial charge in [0.2, 0.25) is 0 Å². The third-order valence-corrected chi connectivity index (χ3v) is 5.14. The number of piperazine rings is 1. The Morgan fingerprint density at radius 3 is 2.37 bits per heavy atom. The molecule has 112 valence electrons. The molecular formula is C16H33N3. The third-order valence-electron chi connectivity index (χ3n) is 5.14. The second kappa shape index (κ2) is 6.55. The lowest BCUT2D eigenvalue weighted by Crippen LogP contribution is -2.57. The molecule has 2 fully saturated rings. The van der Waals surface area contributed by atoms with Gasteiger partial charge in [0.1, 0.15) is 0 Å². The van der Waals surface area contributed by atoms with Crippen molar-refractivity contribution in [3.63, 3.8) is 0 Å². The number of hydrogen-bond donors (Lipinski definition) is 2. The van der Waals surface area contributed by atoms with E-state index in [2.05, 4.69) is 36.3 Å². The van der Waals surface area contributed by atoms with Gasteiger partial charge in [0.25, 0.3) is 0 Å². The summed E-state index contributed by atoms with van der Waals surface area (Å²) in [5, 5.41) is 7.21. The van der Waals surface area contributed by atoms with E-state index < -0.39 is 0 Å². The van der Waals surface area contributed by atoms with E-state index in [9.17, 15) is 0 Å². The Morgan fingerprint density at radius 2 is 1.74 bits per heavy atom. The molecule has 3 nitrogen and oxygen atoms in total. The van der Waals surface area contributed by atoms with Gasteiger partial charge in [-0.15, -0.1) is 0 Å². The Bertz CT molecular complexity index is 263. The lowest BCUT2D eigenvalue weighted by atomic mass is 9.75. The molecule has 2 N–H and O–H groups in total. The highest BCUT2D eigenvalue weighted by Gasteiger charge is 2.30. The molecule has 2 aliphatic rings. The summed E-state index contributed by atoms with van der Waals surface area (Å²) < 4.78 is 0.